The number of carbonyl (C=O) groups excluding carboxylic acids is 1. The van der Waals surface area contributed by atoms with Gasteiger partial charge in [-0.1, -0.05) is 0 Å². The van der Waals surface area contributed by atoms with E-state index in [1.165, 1.54) is 5.06 Å². The first-order valence-electron chi connectivity index (χ1n) is 7.51. The highest BCUT2D eigenvalue weighted by molar-refractivity contribution is 7.89. The van der Waals surface area contributed by atoms with Crippen LogP contribution in [0.4, 0.5) is 0 Å². The van der Waals surface area contributed by atoms with E-state index >= 15 is 0 Å². The normalized spacial score (nSPS) is 21.9. The van der Waals surface area contributed by atoms with Crippen molar-refractivity contribution in [3.05, 3.63) is 0 Å². The zero-order valence-corrected chi connectivity index (χ0v) is 12.7. The van der Waals surface area contributed by atoms with Crippen LogP contribution in [0.3, 0.4) is 0 Å². The maximum Gasteiger partial charge on any atom is 0.246 e. The first kappa shape index (κ1) is 15.7. The largest absolute Gasteiger partial charge is 0.273 e. The van der Waals surface area contributed by atoms with E-state index in [0.29, 0.717) is 32.7 Å². The first-order chi connectivity index (χ1) is 9.59. The molecule has 1 amide bonds. The molecule has 0 bridgehead atoms. The molecule has 7 heteroatoms. The van der Waals surface area contributed by atoms with Gasteiger partial charge in [-0.25, -0.2) is 17.8 Å². The number of rotatable bonds is 5. The minimum Gasteiger partial charge on any atom is -0.273 e. The van der Waals surface area contributed by atoms with Gasteiger partial charge >= 0.3 is 0 Å². The van der Waals surface area contributed by atoms with Crippen molar-refractivity contribution in [2.75, 3.05) is 32.0 Å². The van der Waals surface area contributed by atoms with Crippen LogP contribution in [-0.4, -0.2) is 55.7 Å². The van der Waals surface area contributed by atoms with Crippen molar-refractivity contribution in [2.45, 2.75) is 44.9 Å². The summed E-state index contributed by atoms with van der Waals surface area (Å²) in [5.41, 5.74) is 0. The van der Waals surface area contributed by atoms with Crippen LogP contribution in [0, 0.1) is 0 Å². The van der Waals surface area contributed by atoms with Gasteiger partial charge < -0.3 is 0 Å². The molecule has 2 heterocycles. The predicted octanol–water partition coefficient (Wildman–Crippen LogP) is 1.14. The Balaban J connectivity index is 1.73. The summed E-state index contributed by atoms with van der Waals surface area (Å²) in [6.07, 6.45) is 5.52. The van der Waals surface area contributed by atoms with Crippen LogP contribution >= 0.6 is 0 Å². The van der Waals surface area contributed by atoms with E-state index in [-0.39, 0.29) is 18.1 Å². The van der Waals surface area contributed by atoms with Crippen molar-refractivity contribution < 1.29 is 18.0 Å². The van der Waals surface area contributed by atoms with Gasteiger partial charge in [0, 0.05) is 26.1 Å². The highest BCUT2D eigenvalue weighted by Gasteiger charge is 2.25. The fourth-order valence-electron chi connectivity index (χ4n) is 2.60. The summed E-state index contributed by atoms with van der Waals surface area (Å²) in [5.74, 6) is -0.0319. The third kappa shape index (κ3) is 4.43. The third-order valence-corrected chi connectivity index (χ3v) is 5.74. The lowest BCUT2D eigenvalue weighted by Gasteiger charge is -2.19. The second kappa shape index (κ2) is 7.38. The summed E-state index contributed by atoms with van der Waals surface area (Å²) in [5, 5.41) is 1.41. The molecule has 0 atom stereocenters. The second-order valence-electron chi connectivity index (χ2n) is 5.42. The third-order valence-electron chi connectivity index (χ3n) is 3.78. The van der Waals surface area contributed by atoms with Gasteiger partial charge in [-0.2, -0.15) is 0 Å². The number of hydrogen-bond acceptors (Lipinski definition) is 4. The highest BCUT2D eigenvalue weighted by atomic mass is 32.2. The van der Waals surface area contributed by atoms with Crippen LogP contribution < -0.4 is 0 Å². The summed E-state index contributed by atoms with van der Waals surface area (Å²) in [7, 11) is -3.17. The highest BCUT2D eigenvalue weighted by Crippen LogP contribution is 2.15. The topological polar surface area (TPSA) is 66.9 Å². The molecule has 0 unspecified atom stereocenters. The molecule has 0 aromatic rings. The van der Waals surface area contributed by atoms with Crippen molar-refractivity contribution in [1.29, 1.82) is 0 Å². The van der Waals surface area contributed by atoms with Gasteiger partial charge in [0.15, 0.2) is 0 Å². The Kier molecular flexibility index (Phi) is 5.80. The molecule has 0 spiro atoms. The molecule has 116 valence electrons. The quantitative estimate of drug-likeness (QED) is 0.764. The van der Waals surface area contributed by atoms with Crippen LogP contribution in [0.15, 0.2) is 0 Å². The molecule has 0 aliphatic carbocycles. The van der Waals surface area contributed by atoms with Crippen molar-refractivity contribution >= 4 is 15.9 Å². The number of hydroxylamine groups is 2. The summed E-state index contributed by atoms with van der Waals surface area (Å²) < 4.78 is 25.6. The molecule has 2 aliphatic heterocycles. The molecule has 2 fully saturated rings. The first-order valence-corrected chi connectivity index (χ1v) is 9.11. The Bertz CT molecular complexity index is 410. The smallest absolute Gasteiger partial charge is 0.246 e. The second-order valence-corrected chi connectivity index (χ2v) is 7.50. The zero-order valence-electron chi connectivity index (χ0n) is 11.9. The lowest BCUT2D eigenvalue weighted by atomic mass is 10.2. The summed E-state index contributed by atoms with van der Waals surface area (Å²) >= 11 is 0. The van der Waals surface area contributed by atoms with Gasteiger partial charge in [-0.15, -0.1) is 0 Å². The number of sulfonamides is 1. The summed E-state index contributed by atoms with van der Waals surface area (Å²) in [4.78, 5) is 17.3. The molecule has 0 aromatic heterocycles. The Hall–Kier alpha value is -0.660. The van der Waals surface area contributed by atoms with Gasteiger partial charge in [0.2, 0.25) is 15.9 Å². The fourth-order valence-corrected chi connectivity index (χ4v) is 4.18. The average molecular weight is 304 g/mol. The van der Waals surface area contributed by atoms with E-state index in [4.69, 9.17) is 4.84 Å². The van der Waals surface area contributed by atoms with Crippen molar-refractivity contribution in [3.8, 4) is 0 Å². The van der Waals surface area contributed by atoms with Crippen molar-refractivity contribution in [2.24, 2.45) is 0 Å². The Morgan fingerprint density at radius 3 is 2.45 bits per heavy atom. The number of carbonyl (C=O) groups is 1. The molecule has 0 saturated carbocycles. The number of amides is 1. The zero-order chi connectivity index (χ0) is 14.4. The van der Waals surface area contributed by atoms with Crippen LogP contribution in [-0.2, 0) is 19.7 Å². The maximum absolute atomic E-state index is 12.0. The molecule has 0 N–H and O–H groups in total. The van der Waals surface area contributed by atoms with Gasteiger partial charge in [0.05, 0.1) is 12.4 Å². The number of hydrogen-bond donors (Lipinski definition) is 0. The van der Waals surface area contributed by atoms with E-state index in [9.17, 15) is 13.2 Å². The minimum atomic E-state index is -3.17. The number of nitrogens with zero attached hydrogens (tertiary/aromatic N) is 2. The van der Waals surface area contributed by atoms with E-state index < -0.39 is 10.0 Å². The minimum absolute atomic E-state index is 0.0621. The molecule has 2 rings (SSSR count). The Morgan fingerprint density at radius 1 is 1.00 bits per heavy atom. The molecule has 0 radical (unpaired) electrons. The van der Waals surface area contributed by atoms with E-state index in [0.717, 1.165) is 32.1 Å². The fraction of sp³-hybridized carbons (Fsp3) is 0.923. The summed E-state index contributed by atoms with van der Waals surface area (Å²) in [6.45, 7) is 2.46. The Labute approximate surface area is 121 Å². The van der Waals surface area contributed by atoms with Crippen molar-refractivity contribution in [3.63, 3.8) is 0 Å². The molecule has 0 aromatic carbocycles. The molecule has 6 nitrogen and oxygen atoms in total. The molecular weight excluding hydrogens is 280 g/mol. The van der Waals surface area contributed by atoms with Gasteiger partial charge in [-0.3, -0.25) is 9.63 Å². The van der Waals surface area contributed by atoms with E-state index in [2.05, 4.69) is 0 Å². The average Bonchev–Trinajstić information content (AvgIpc) is 2.82. The van der Waals surface area contributed by atoms with E-state index in [1.54, 1.807) is 4.31 Å². The molecular formula is C13H24N2O4S. The molecule has 20 heavy (non-hydrogen) atoms. The van der Waals surface area contributed by atoms with Crippen molar-refractivity contribution in [1.82, 2.24) is 9.37 Å². The van der Waals surface area contributed by atoms with Gasteiger partial charge in [-0.05, 0) is 38.5 Å². The summed E-state index contributed by atoms with van der Waals surface area (Å²) in [6, 6.07) is 0. The lowest BCUT2D eigenvalue weighted by molar-refractivity contribution is -0.183. The monoisotopic (exact) mass is 304 g/mol. The van der Waals surface area contributed by atoms with Crippen LogP contribution in [0.1, 0.15) is 44.9 Å². The Morgan fingerprint density at radius 2 is 1.70 bits per heavy atom. The van der Waals surface area contributed by atoms with Crippen LogP contribution in [0.25, 0.3) is 0 Å². The van der Waals surface area contributed by atoms with E-state index in [1.807, 2.05) is 0 Å². The lowest BCUT2D eigenvalue weighted by Crippen LogP contribution is -2.33. The molecule has 2 saturated heterocycles. The van der Waals surface area contributed by atoms with Gasteiger partial charge in [0.1, 0.15) is 0 Å². The predicted molar refractivity (Wildman–Crippen MR) is 75.3 cm³/mol. The van der Waals surface area contributed by atoms with Crippen LogP contribution in [0.2, 0.25) is 0 Å². The SMILES string of the molecule is O=C(CCCS(=O)(=O)N1CCCC1)N1CCCCCO1. The maximum atomic E-state index is 12.0. The standard InChI is InChI=1S/C13H24N2O4S/c16-13(15-10-2-1-5-11-19-15)7-6-12-20(17,18)14-8-3-4-9-14/h1-12H2. The van der Waals surface area contributed by atoms with Gasteiger partial charge in [0.25, 0.3) is 0 Å². The molecule has 2 aliphatic rings. The van der Waals surface area contributed by atoms with Crippen LogP contribution in [0.5, 0.6) is 0 Å².